The highest BCUT2D eigenvalue weighted by atomic mass is 15.2. The maximum absolute atomic E-state index is 5.49. The molecule has 0 unspecified atom stereocenters. The zero-order chi connectivity index (χ0) is 8.55. The van der Waals surface area contributed by atoms with E-state index in [9.17, 15) is 0 Å². The predicted molar refractivity (Wildman–Crippen MR) is 47.8 cm³/mol. The average Bonchev–Trinajstić information content (AvgIpc) is 2.49. The zero-order valence-corrected chi connectivity index (χ0v) is 6.99. The Kier molecular flexibility index (Phi) is 1.59. The minimum absolute atomic E-state index is 0.501. The molecule has 0 amide bonds. The van der Waals surface area contributed by atoms with Gasteiger partial charge in [-0.1, -0.05) is 6.07 Å². The molecule has 2 aromatic rings. The van der Waals surface area contributed by atoms with Crippen LogP contribution in [0.4, 0.5) is 0 Å². The molecule has 0 fully saturated rings. The van der Waals surface area contributed by atoms with Crippen LogP contribution in [-0.2, 0) is 6.54 Å². The Morgan fingerprint density at radius 3 is 3.08 bits per heavy atom. The number of hydrogen-bond acceptors (Lipinski definition) is 2. The summed E-state index contributed by atoms with van der Waals surface area (Å²) in [6.45, 7) is 2.57. The van der Waals surface area contributed by atoms with Crippen molar-refractivity contribution in [2.45, 2.75) is 13.5 Å². The number of nitrogens with zero attached hydrogens (tertiary/aromatic N) is 2. The molecule has 2 aromatic heterocycles. The Balaban J connectivity index is 2.74. The summed E-state index contributed by atoms with van der Waals surface area (Å²) in [4.78, 5) is 0. The third kappa shape index (κ3) is 0.987. The lowest BCUT2D eigenvalue weighted by Gasteiger charge is -1.94. The molecule has 0 bridgehead atoms. The lowest BCUT2D eigenvalue weighted by molar-refractivity contribution is 0.882. The Morgan fingerprint density at radius 2 is 2.42 bits per heavy atom. The zero-order valence-electron chi connectivity index (χ0n) is 6.99. The maximum Gasteiger partial charge on any atom is 0.0770 e. The van der Waals surface area contributed by atoms with Gasteiger partial charge in [-0.3, -0.25) is 0 Å². The van der Waals surface area contributed by atoms with Crippen molar-refractivity contribution in [3.63, 3.8) is 0 Å². The summed E-state index contributed by atoms with van der Waals surface area (Å²) < 4.78 is 1.86. The molecule has 0 aliphatic rings. The molecular formula is C9H11N3. The first-order valence-corrected chi connectivity index (χ1v) is 3.95. The number of hydrogen-bond donors (Lipinski definition) is 1. The Hall–Kier alpha value is -1.35. The molecule has 0 radical (unpaired) electrons. The first-order chi connectivity index (χ1) is 5.81. The quantitative estimate of drug-likeness (QED) is 0.680. The highest BCUT2D eigenvalue weighted by Gasteiger charge is 2.00. The van der Waals surface area contributed by atoms with Crippen molar-refractivity contribution in [2.75, 3.05) is 0 Å². The highest BCUT2D eigenvalue weighted by Crippen LogP contribution is 2.10. The molecule has 62 valence electrons. The average molecular weight is 161 g/mol. The summed E-state index contributed by atoms with van der Waals surface area (Å²) in [6, 6.07) is 6.07. The van der Waals surface area contributed by atoms with Crippen LogP contribution in [0.5, 0.6) is 0 Å². The van der Waals surface area contributed by atoms with Crippen LogP contribution in [-0.4, -0.2) is 9.61 Å². The van der Waals surface area contributed by atoms with Crippen molar-refractivity contribution < 1.29 is 0 Å². The second-order valence-corrected chi connectivity index (χ2v) is 2.86. The van der Waals surface area contributed by atoms with E-state index in [2.05, 4.69) is 18.1 Å². The van der Waals surface area contributed by atoms with Gasteiger partial charge in [0, 0.05) is 12.7 Å². The van der Waals surface area contributed by atoms with Crippen molar-refractivity contribution in [2.24, 2.45) is 5.73 Å². The van der Waals surface area contributed by atoms with Crippen LogP contribution in [0.15, 0.2) is 24.4 Å². The molecule has 12 heavy (non-hydrogen) atoms. The summed E-state index contributed by atoms with van der Waals surface area (Å²) >= 11 is 0. The number of fused-ring (bicyclic) bond motifs is 1. The first-order valence-electron chi connectivity index (χ1n) is 3.95. The van der Waals surface area contributed by atoms with Crippen molar-refractivity contribution in [1.82, 2.24) is 9.61 Å². The van der Waals surface area contributed by atoms with E-state index in [0.29, 0.717) is 6.54 Å². The van der Waals surface area contributed by atoms with E-state index in [1.807, 2.05) is 22.8 Å². The van der Waals surface area contributed by atoms with Crippen LogP contribution in [0.1, 0.15) is 11.3 Å². The van der Waals surface area contributed by atoms with E-state index < -0.39 is 0 Å². The largest absolute Gasteiger partial charge is 0.325 e. The van der Waals surface area contributed by atoms with Gasteiger partial charge in [0.05, 0.1) is 11.2 Å². The SMILES string of the molecule is Cc1cccn2nc(CN)cc12. The molecule has 0 spiro atoms. The van der Waals surface area contributed by atoms with Crippen molar-refractivity contribution in [3.8, 4) is 0 Å². The molecule has 2 heterocycles. The topological polar surface area (TPSA) is 43.3 Å². The van der Waals surface area contributed by atoms with Crippen LogP contribution in [0, 0.1) is 6.92 Å². The molecule has 0 aliphatic carbocycles. The summed E-state index contributed by atoms with van der Waals surface area (Å²) in [5.41, 5.74) is 8.79. The van der Waals surface area contributed by atoms with E-state index in [4.69, 9.17) is 5.73 Å². The predicted octanol–water partition coefficient (Wildman–Crippen LogP) is 1.10. The lowest BCUT2D eigenvalue weighted by atomic mass is 10.2. The molecular weight excluding hydrogens is 150 g/mol. The van der Waals surface area contributed by atoms with Crippen molar-refractivity contribution in [3.05, 3.63) is 35.7 Å². The van der Waals surface area contributed by atoms with Gasteiger partial charge in [-0.15, -0.1) is 0 Å². The van der Waals surface area contributed by atoms with E-state index in [1.165, 1.54) is 5.56 Å². The van der Waals surface area contributed by atoms with Gasteiger partial charge in [0.25, 0.3) is 0 Å². The van der Waals surface area contributed by atoms with Gasteiger partial charge in [-0.25, -0.2) is 4.52 Å². The van der Waals surface area contributed by atoms with Crippen molar-refractivity contribution >= 4 is 5.52 Å². The molecule has 2 N–H and O–H groups in total. The minimum atomic E-state index is 0.501. The Labute approximate surface area is 70.8 Å². The smallest absolute Gasteiger partial charge is 0.0770 e. The van der Waals surface area contributed by atoms with Crippen LogP contribution in [0.2, 0.25) is 0 Å². The molecule has 0 aromatic carbocycles. The highest BCUT2D eigenvalue weighted by molar-refractivity contribution is 5.54. The third-order valence-electron chi connectivity index (χ3n) is 1.97. The van der Waals surface area contributed by atoms with Gasteiger partial charge in [-0.2, -0.15) is 5.10 Å². The van der Waals surface area contributed by atoms with Crippen LogP contribution < -0.4 is 5.73 Å². The van der Waals surface area contributed by atoms with Crippen LogP contribution in [0.3, 0.4) is 0 Å². The van der Waals surface area contributed by atoms with Crippen molar-refractivity contribution in [1.29, 1.82) is 0 Å². The fourth-order valence-corrected chi connectivity index (χ4v) is 1.31. The van der Waals surface area contributed by atoms with Gasteiger partial charge in [0.1, 0.15) is 0 Å². The number of aromatic nitrogens is 2. The second kappa shape index (κ2) is 2.60. The van der Waals surface area contributed by atoms with Crippen LogP contribution >= 0.6 is 0 Å². The molecule has 3 heteroatoms. The van der Waals surface area contributed by atoms with Gasteiger partial charge < -0.3 is 5.73 Å². The number of nitrogens with two attached hydrogens (primary N) is 1. The van der Waals surface area contributed by atoms with Gasteiger partial charge in [0.2, 0.25) is 0 Å². The third-order valence-corrected chi connectivity index (χ3v) is 1.97. The fourth-order valence-electron chi connectivity index (χ4n) is 1.31. The molecule has 0 saturated heterocycles. The molecule has 2 rings (SSSR count). The number of aryl methyl sites for hydroxylation is 1. The summed E-state index contributed by atoms with van der Waals surface area (Å²) in [7, 11) is 0. The minimum Gasteiger partial charge on any atom is -0.325 e. The number of pyridine rings is 1. The van der Waals surface area contributed by atoms with Gasteiger partial charge in [0.15, 0.2) is 0 Å². The Bertz CT molecular complexity index is 403. The normalized spacial score (nSPS) is 10.8. The number of rotatable bonds is 1. The van der Waals surface area contributed by atoms with E-state index in [0.717, 1.165) is 11.2 Å². The summed E-state index contributed by atoms with van der Waals surface area (Å²) in [5, 5.41) is 4.28. The Morgan fingerprint density at radius 1 is 1.58 bits per heavy atom. The summed E-state index contributed by atoms with van der Waals surface area (Å²) in [6.07, 6.45) is 1.93. The second-order valence-electron chi connectivity index (χ2n) is 2.86. The fraction of sp³-hybridized carbons (Fsp3) is 0.222. The molecule has 0 aliphatic heterocycles. The lowest BCUT2D eigenvalue weighted by Crippen LogP contribution is -1.96. The molecule has 3 nitrogen and oxygen atoms in total. The van der Waals surface area contributed by atoms with Crippen LogP contribution in [0.25, 0.3) is 5.52 Å². The maximum atomic E-state index is 5.49. The first kappa shape index (κ1) is 7.31. The van der Waals surface area contributed by atoms with E-state index >= 15 is 0 Å². The summed E-state index contributed by atoms with van der Waals surface area (Å²) in [5.74, 6) is 0. The molecule has 0 atom stereocenters. The van der Waals surface area contributed by atoms with Gasteiger partial charge >= 0.3 is 0 Å². The monoisotopic (exact) mass is 161 g/mol. The van der Waals surface area contributed by atoms with E-state index in [-0.39, 0.29) is 0 Å². The molecule has 0 saturated carbocycles. The standard InChI is InChI=1S/C9H11N3/c1-7-3-2-4-12-9(7)5-8(6-10)11-12/h2-5H,6,10H2,1H3. The van der Waals surface area contributed by atoms with Gasteiger partial charge in [-0.05, 0) is 24.6 Å². The van der Waals surface area contributed by atoms with E-state index in [1.54, 1.807) is 0 Å².